The predicted molar refractivity (Wildman–Crippen MR) is 275 cm³/mol. The number of rotatable bonds is 6. The van der Waals surface area contributed by atoms with Crippen LogP contribution in [0, 0.1) is 61.2 Å². The lowest BCUT2D eigenvalue weighted by atomic mass is 10.0. The van der Waals surface area contributed by atoms with Gasteiger partial charge in [-0.15, -0.1) is 0 Å². The molecule has 0 aliphatic carbocycles. The fourth-order valence-electron chi connectivity index (χ4n) is 7.60. The van der Waals surface area contributed by atoms with Crippen LogP contribution >= 0.6 is 0 Å². The van der Waals surface area contributed by atoms with Crippen LogP contribution in [-0.4, -0.2) is 0 Å². The van der Waals surface area contributed by atoms with Gasteiger partial charge >= 0.3 is 0 Å². The Bertz CT molecular complexity index is 2900. The summed E-state index contributed by atoms with van der Waals surface area (Å²) in [6, 6.07) is 78.9. The summed E-state index contributed by atoms with van der Waals surface area (Å²) in [5.74, 6) is 26.6. The van der Waals surface area contributed by atoms with E-state index in [9.17, 15) is 0 Å². The minimum atomic E-state index is 0.940. The molecule has 0 N–H and O–H groups in total. The van der Waals surface area contributed by atoms with Gasteiger partial charge in [-0.25, -0.2) is 0 Å². The van der Waals surface area contributed by atoms with Crippen molar-refractivity contribution in [3.05, 3.63) is 286 Å². The number of hydrogen-bond acceptors (Lipinski definition) is 2. The highest BCUT2D eigenvalue weighted by atomic mass is 15.2. The smallest absolute Gasteiger partial charge is 0.0511 e. The molecule has 0 spiro atoms. The summed E-state index contributed by atoms with van der Waals surface area (Å²) in [6.07, 6.45) is 0. The highest BCUT2D eigenvalue weighted by Crippen LogP contribution is 2.44. The normalized spacial score (nSPS) is 10.1. The number of aryl methyl sites for hydroxylation is 2. The number of benzene rings is 9. The van der Waals surface area contributed by atoms with Gasteiger partial charge in [0.1, 0.15) is 0 Å². The Hall–Kier alpha value is -9.18. The summed E-state index contributed by atoms with van der Waals surface area (Å²) < 4.78 is 0. The monoisotopic (exact) mass is 840 g/mol. The third-order valence-corrected chi connectivity index (χ3v) is 11.0. The van der Waals surface area contributed by atoms with Crippen molar-refractivity contribution in [2.24, 2.45) is 0 Å². The Kier molecular flexibility index (Phi) is 13.0. The molecule has 9 aromatic carbocycles. The first-order valence-electron chi connectivity index (χ1n) is 21.9. The van der Waals surface area contributed by atoms with Crippen LogP contribution in [0.15, 0.2) is 231 Å². The molecule has 0 saturated heterocycles. The Morgan fingerprint density at radius 1 is 0.227 bits per heavy atom. The quantitative estimate of drug-likeness (QED) is 0.154. The minimum Gasteiger partial charge on any atom is -0.310 e. The molecular weight excluding hydrogens is 797 g/mol. The van der Waals surface area contributed by atoms with Crippen molar-refractivity contribution in [1.29, 1.82) is 0 Å². The summed E-state index contributed by atoms with van der Waals surface area (Å²) in [6.45, 7) is 4.37. The van der Waals surface area contributed by atoms with E-state index in [1.807, 2.05) is 121 Å². The van der Waals surface area contributed by atoms with Crippen LogP contribution in [-0.2, 0) is 0 Å². The molecule has 2 nitrogen and oxygen atoms in total. The lowest BCUT2D eigenvalue weighted by Crippen LogP contribution is -2.15. The first-order valence-corrected chi connectivity index (χ1v) is 21.9. The van der Waals surface area contributed by atoms with E-state index in [0.29, 0.717) is 0 Å². The van der Waals surface area contributed by atoms with E-state index < -0.39 is 0 Å². The van der Waals surface area contributed by atoms with Gasteiger partial charge in [0.15, 0.2) is 0 Å². The Balaban J connectivity index is 1.14. The number of anilines is 6. The van der Waals surface area contributed by atoms with Crippen LogP contribution in [0.5, 0.6) is 0 Å². The highest BCUT2D eigenvalue weighted by molar-refractivity contribution is 5.86. The van der Waals surface area contributed by atoms with Crippen LogP contribution in [0.4, 0.5) is 34.1 Å². The topological polar surface area (TPSA) is 6.48 Å². The lowest BCUT2D eigenvalue weighted by molar-refractivity contribution is 1.20. The molecule has 0 bridgehead atoms. The van der Waals surface area contributed by atoms with Gasteiger partial charge in [0.25, 0.3) is 0 Å². The molecule has 0 aromatic heterocycles. The average Bonchev–Trinajstić information content (AvgIpc) is 3.38. The van der Waals surface area contributed by atoms with Crippen molar-refractivity contribution in [2.75, 3.05) is 9.80 Å². The zero-order valence-electron chi connectivity index (χ0n) is 36.8. The zero-order chi connectivity index (χ0) is 44.9. The molecule has 0 amide bonds. The molecule has 2 heteroatoms. The third-order valence-electron chi connectivity index (χ3n) is 11.0. The molecule has 9 aromatic rings. The SMILES string of the molecule is Cc1cc(C)c(N(c2ccc(C#Cc3ccccc3)cc2)c2ccc(C#Cc3ccccc3)cc2)cc1N(c1ccc(C#Cc2ccccc2)cc1)c1ccc(C#Cc2ccccc2)cc1. The molecule has 9 rings (SSSR count). The van der Waals surface area contributed by atoms with E-state index in [1.54, 1.807) is 0 Å². The maximum absolute atomic E-state index is 3.35. The van der Waals surface area contributed by atoms with Gasteiger partial charge in [-0.05, 0) is 177 Å². The van der Waals surface area contributed by atoms with Crippen LogP contribution in [0.25, 0.3) is 0 Å². The van der Waals surface area contributed by atoms with Gasteiger partial charge < -0.3 is 9.80 Å². The summed E-state index contributed by atoms with van der Waals surface area (Å²) in [4.78, 5) is 4.65. The maximum Gasteiger partial charge on any atom is 0.0511 e. The second kappa shape index (κ2) is 20.3. The number of nitrogens with zero attached hydrogens (tertiary/aromatic N) is 2. The van der Waals surface area contributed by atoms with Gasteiger partial charge in [0.2, 0.25) is 0 Å². The molecular formula is C64H44N2. The highest BCUT2D eigenvalue weighted by Gasteiger charge is 2.21. The average molecular weight is 841 g/mol. The van der Waals surface area contributed by atoms with E-state index in [1.165, 1.54) is 0 Å². The third kappa shape index (κ3) is 10.5. The molecule has 0 unspecified atom stereocenters. The molecule has 0 heterocycles. The van der Waals surface area contributed by atoms with E-state index >= 15 is 0 Å². The predicted octanol–water partition coefficient (Wildman–Crippen LogP) is 14.8. The second-order valence-electron chi connectivity index (χ2n) is 15.7. The van der Waals surface area contributed by atoms with E-state index in [-0.39, 0.29) is 0 Å². The summed E-state index contributed by atoms with van der Waals surface area (Å²) >= 11 is 0. The summed E-state index contributed by atoms with van der Waals surface area (Å²) in [5.41, 5.74) is 16.1. The van der Waals surface area contributed by atoms with Crippen LogP contribution in [0.3, 0.4) is 0 Å². The molecule has 66 heavy (non-hydrogen) atoms. The van der Waals surface area contributed by atoms with E-state index in [4.69, 9.17) is 0 Å². The van der Waals surface area contributed by atoms with E-state index in [2.05, 4.69) is 180 Å². The fraction of sp³-hybridized carbons (Fsp3) is 0.0312. The minimum absolute atomic E-state index is 0.940. The lowest BCUT2D eigenvalue weighted by Gasteiger charge is -2.32. The zero-order valence-corrected chi connectivity index (χ0v) is 36.8. The van der Waals surface area contributed by atoms with Gasteiger partial charge in [0, 0.05) is 67.3 Å². The Labute approximate surface area is 389 Å². The van der Waals surface area contributed by atoms with Crippen molar-refractivity contribution >= 4 is 34.1 Å². The van der Waals surface area contributed by atoms with Crippen molar-refractivity contribution in [3.8, 4) is 47.4 Å². The van der Waals surface area contributed by atoms with Crippen LogP contribution in [0.1, 0.15) is 55.6 Å². The van der Waals surface area contributed by atoms with Crippen molar-refractivity contribution < 1.29 is 0 Å². The summed E-state index contributed by atoms with van der Waals surface area (Å²) in [7, 11) is 0. The maximum atomic E-state index is 3.35. The first kappa shape index (κ1) is 42.1. The van der Waals surface area contributed by atoms with Crippen molar-refractivity contribution in [1.82, 2.24) is 0 Å². The molecule has 0 saturated carbocycles. The fourth-order valence-corrected chi connectivity index (χ4v) is 7.60. The standard InChI is InChI=1S/C64H44N2/c1-49-47-50(2)64(66(61-43-35-57(36-44-61)29-25-53-19-11-5-12-20-53)62-45-37-58(38-46-62)30-26-54-21-13-6-14-22-54)48-63(49)65(59-39-31-55(32-40-59)27-23-51-15-7-3-8-16-51)60-41-33-56(34-42-60)28-24-52-17-9-4-10-18-52/h3-22,31-48H,1-2H3. The van der Waals surface area contributed by atoms with Crippen molar-refractivity contribution in [2.45, 2.75) is 13.8 Å². The first-order chi connectivity index (χ1) is 32.5. The van der Waals surface area contributed by atoms with Crippen LogP contribution < -0.4 is 9.80 Å². The Morgan fingerprint density at radius 2 is 0.424 bits per heavy atom. The molecule has 310 valence electrons. The van der Waals surface area contributed by atoms with E-state index in [0.717, 1.165) is 89.8 Å². The second-order valence-corrected chi connectivity index (χ2v) is 15.7. The van der Waals surface area contributed by atoms with Crippen LogP contribution in [0.2, 0.25) is 0 Å². The van der Waals surface area contributed by atoms with Gasteiger partial charge in [-0.1, -0.05) is 126 Å². The molecule has 0 fully saturated rings. The van der Waals surface area contributed by atoms with Gasteiger partial charge in [0.05, 0.1) is 11.4 Å². The van der Waals surface area contributed by atoms with Crippen molar-refractivity contribution in [3.63, 3.8) is 0 Å². The molecule has 0 aliphatic rings. The molecule has 0 atom stereocenters. The largest absolute Gasteiger partial charge is 0.310 e. The molecule has 0 aliphatic heterocycles. The van der Waals surface area contributed by atoms with Gasteiger partial charge in [-0.3, -0.25) is 0 Å². The number of hydrogen-bond donors (Lipinski definition) is 0. The molecule has 0 radical (unpaired) electrons. The Morgan fingerprint density at radius 3 is 0.636 bits per heavy atom. The van der Waals surface area contributed by atoms with Gasteiger partial charge in [-0.2, -0.15) is 0 Å². The summed E-state index contributed by atoms with van der Waals surface area (Å²) in [5, 5.41) is 0.